The first-order valence-corrected chi connectivity index (χ1v) is 11.4. The molecule has 31 heavy (non-hydrogen) atoms. The van der Waals surface area contributed by atoms with Crippen LogP contribution in [0.3, 0.4) is 0 Å². The molecule has 1 amide bonds. The highest BCUT2D eigenvalue weighted by Crippen LogP contribution is 2.36. The molecule has 1 aliphatic rings. The van der Waals surface area contributed by atoms with Gasteiger partial charge in [0.2, 0.25) is 15.9 Å². The van der Waals surface area contributed by atoms with E-state index < -0.39 is 31.7 Å². The number of carbonyl (C=O) groups excluding carboxylic acids is 1. The number of carbonyl (C=O) groups is 1. The molecule has 0 spiro atoms. The largest absolute Gasteiger partial charge is 0.417 e. The van der Waals surface area contributed by atoms with Gasteiger partial charge in [0, 0.05) is 26.2 Å². The van der Waals surface area contributed by atoms with Gasteiger partial charge in [-0.05, 0) is 32.0 Å². The predicted molar refractivity (Wildman–Crippen MR) is 109 cm³/mol. The van der Waals surface area contributed by atoms with Crippen molar-refractivity contribution in [2.75, 3.05) is 26.2 Å². The number of alkyl halides is 3. The van der Waals surface area contributed by atoms with Gasteiger partial charge in [-0.3, -0.25) is 9.48 Å². The molecule has 2 heterocycles. The molecular formula is C18H19Cl2F3N4O3S. The lowest BCUT2D eigenvalue weighted by Crippen LogP contribution is -2.51. The van der Waals surface area contributed by atoms with Gasteiger partial charge >= 0.3 is 6.18 Å². The number of nitrogens with zero attached hydrogens (tertiary/aromatic N) is 4. The topological polar surface area (TPSA) is 75.5 Å². The Morgan fingerprint density at radius 1 is 1.13 bits per heavy atom. The van der Waals surface area contributed by atoms with Crippen molar-refractivity contribution in [1.29, 1.82) is 0 Å². The molecule has 1 fully saturated rings. The minimum absolute atomic E-state index is 0.0434. The van der Waals surface area contributed by atoms with Crippen molar-refractivity contribution in [2.45, 2.75) is 31.5 Å². The molecule has 1 aromatic carbocycles. The molecule has 0 saturated carbocycles. The van der Waals surface area contributed by atoms with Crippen LogP contribution < -0.4 is 0 Å². The molecule has 0 radical (unpaired) electrons. The standard InChI is InChI=1S/C18H19Cl2F3N4O3S/c1-11-17(20)12(2)27(24-11)10-16(28)25-5-7-26(8-6-25)31(29,30)13-3-4-15(19)14(9-13)18(21,22)23/h3-4,9H,5-8,10H2,1-2H3. The van der Waals surface area contributed by atoms with Crippen LogP contribution in [-0.4, -0.2) is 59.5 Å². The van der Waals surface area contributed by atoms with Crippen LogP contribution in [0.25, 0.3) is 0 Å². The summed E-state index contributed by atoms with van der Waals surface area (Å²) in [6.45, 7) is 3.53. The number of amides is 1. The number of hydrogen-bond donors (Lipinski definition) is 0. The summed E-state index contributed by atoms with van der Waals surface area (Å²) in [5.74, 6) is -0.259. The van der Waals surface area contributed by atoms with Crippen molar-refractivity contribution in [1.82, 2.24) is 19.0 Å². The number of hydrogen-bond acceptors (Lipinski definition) is 4. The molecule has 7 nitrogen and oxygen atoms in total. The fourth-order valence-corrected chi connectivity index (χ4v) is 5.08. The molecule has 1 aliphatic heterocycles. The minimum atomic E-state index is -4.78. The Labute approximate surface area is 187 Å². The van der Waals surface area contributed by atoms with Gasteiger partial charge in [-0.25, -0.2) is 8.42 Å². The number of piperazine rings is 1. The highest BCUT2D eigenvalue weighted by molar-refractivity contribution is 7.89. The number of benzene rings is 1. The molecule has 2 aromatic rings. The Balaban J connectivity index is 1.70. The maximum atomic E-state index is 13.1. The Hall–Kier alpha value is -1.82. The molecule has 0 aliphatic carbocycles. The molecule has 1 saturated heterocycles. The maximum absolute atomic E-state index is 13.1. The van der Waals surface area contributed by atoms with Crippen LogP contribution in [0, 0.1) is 13.8 Å². The summed E-state index contributed by atoms with van der Waals surface area (Å²) >= 11 is 11.7. The van der Waals surface area contributed by atoms with E-state index in [2.05, 4.69) is 5.10 Å². The summed E-state index contributed by atoms with van der Waals surface area (Å²) in [7, 11) is -4.18. The Kier molecular flexibility index (Phi) is 6.62. The first-order valence-electron chi connectivity index (χ1n) is 9.16. The second-order valence-electron chi connectivity index (χ2n) is 7.07. The number of sulfonamides is 1. The van der Waals surface area contributed by atoms with E-state index in [1.54, 1.807) is 13.8 Å². The summed E-state index contributed by atoms with van der Waals surface area (Å²) in [5.41, 5.74) is 0.0357. The molecule has 0 bridgehead atoms. The molecule has 170 valence electrons. The van der Waals surface area contributed by atoms with Gasteiger partial charge in [0.25, 0.3) is 0 Å². The average molecular weight is 499 g/mol. The highest BCUT2D eigenvalue weighted by Gasteiger charge is 2.36. The second kappa shape index (κ2) is 8.61. The second-order valence-corrected chi connectivity index (χ2v) is 9.79. The first kappa shape index (κ1) is 23.8. The lowest BCUT2D eigenvalue weighted by molar-refractivity contribution is -0.137. The van der Waals surface area contributed by atoms with Crippen LogP contribution in [0.15, 0.2) is 23.1 Å². The van der Waals surface area contributed by atoms with Gasteiger partial charge in [0.15, 0.2) is 0 Å². The Morgan fingerprint density at radius 3 is 2.26 bits per heavy atom. The fourth-order valence-electron chi connectivity index (χ4n) is 3.27. The molecule has 0 atom stereocenters. The molecule has 1 aromatic heterocycles. The molecule has 3 rings (SSSR count). The number of halogens is 5. The summed E-state index contributed by atoms with van der Waals surface area (Å²) in [4.78, 5) is 13.6. The van der Waals surface area contributed by atoms with E-state index in [9.17, 15) is 26.4 Å². The van der Waals surface area contributed by atoms with Crippen molar-refractivity contribution in [3.8, 4) is 0 Å². The minimum Gasteiger partial charge on any atom is -0.338 e. The van der Waals surface area contributed by atoms with E-state index in [-0.39, 0.29) is 38.6 Å². The number of rotatable bonds is 4. The van der Waals surface area contributed by atoms with E-state index in [4.69, 9.17) is 23.2 Å². The predicted octanol–water partition coefficient (Wildman–Crippen LogP) is 3.36. The van der Waals surface area contributed by atoms with E-state index in [0.29, 0.717) is 22.5 Å². The monoisotopic (exact) mass is 498 g/mol. The van der Waals surface area contributed by atoms with E-state index in [0.717, 1.165) is 16.4 Å². The van der Waals surface area contributed by atoms with Crippen LogP contribution in [-0.2, 0) is 27.5 Å². The third-order valence-corrected chi connectivity index (χ3v) is 7.82. The van der Waals surface area contributed by atoms with E-state index in [1.165, 1.54) is 9.58 Å². The van der Waals surface area contributed by atoms with Crippen molar-refractivity contribution in [3.63, 3.8) is 0 Å². The van der Waals surface area contributed by atoms with E-state index in [1.807, 2.05) is 0 Å². The lowest BCUT2D eigenvalue weighted by Gasteiger charge is -2.34. The van der Waals surface area contributed by atoms with Crippen LogP contribution in [0.2, 0.25) is 10.0 Å². The van der Waals surface area contributed by atoms with Gasteiger partial charge in [-0.15, -0.1) is 0 Å². The van der Waals surface area contributed by atoms with Crippen LogP contribution in [0.1, 0.15) is 17.0 Å². The maximum Gasteiger partial charge on any atom is 0.417 e. The van der Waals surface area contributed by atoms with Crippen molar-refractivity contribution in [2.24, 2.45) is 0 Å². The Bertz CT molecular complexity index is 1110. The third-order valence-electron chi connectivity index (χ3n) is 5.05. The van der Waals surface area contributed by atoms with E-state index >= 15 is 0 Å². The third kappa shape index (κ3) is 4.84. The normalized spacial score (nSPS) is 16.0. The van der Waals surface area contributed by atoms with Gasteiger partial charge in [0.05, 0.1) is 31.9 Å². The van der Waals surface area contributed by atoms with Crippen LogP contribution in [0.5, 0.6) is 0 Å². The summed E-state index contributed by atoms with van der Waals surface area (Å²) in [6, 6.07) is 2.48. The smallest absolute Gasteiger partial charge is 0.338 e. The van der Waals surface area contributed by atoms with Crippen molar-refractivity contribution < 1.29 is 26.4 Å². The molecule has 0 N–H and O–H groups in total. The van der Waals surface area contributed by atoms with Gasteiger partial charge in [0.1, 0.15) is 6.54 Å². The summed E-state index contributed by atoms with van der Waals surface area (Å²) in [5, 5.41) is 4.10. The molecular weight excluding hydrogens is 480 g/mol. The van der Waals surface area contributed by atoms with Gasteiger partial charge < -0.3 is 4.90 Å². The van der Waals surface area contributed by atoms with Crippen LogP contribution >= 0.6 is 23.2 Å². The van der Waals surface area contributed by atoms with Crippen molar-refractivity contribution >= 4 is 39.1 Å². The van der Waals surface area contributed by atoms with Crippen LogP contribution in [0.4, 0.5) is 13.2 Å². The highest BCUT2D eigenvalue weighted by atomic mass is 35.5. The summed E-state index contributed by atoms with van der Waals surface area (Å²) in [6.07, 6.45) is -4.78. The SMILES string of the molecule is Cc1nn(CC(=O)N2CCN(S(=O)(=O)c3ccc(Cl)c(C(F)(F)F)c3)CC2)c(C)c1Cl. The molecule has 13 heteroatoms. The first-order chi connectivity index (χ1) is 14.3. The zero-order valence-corrected chi connectivity index (χ0v) is 18.9. The van der Waals surface area contributed by atoms with Gasteiger partial charge in [-0.2, -0.15) is 22.6 Å². The molecule has 0 unspecified atom stereocenters. The number of aryl methyl sites for hydroxylation is 1. The zero-order valence-electron chi connectivity index (χ0n) is 16.6. The lowest BCUT2D eigenvalue weighted by atomic mass is 10.2. The quantitative estimate of drug-likeness (QED) is 0.647. The van der Waals surface area contributed by atoms with Gasteiger partial charge in [-0.1, -0.05) is 23.2 Å². The average Bonchev–Trinajstić information content (AvgIpc) is 2.94. The number of aromatic nitrogens is 2. The Morgan fingerprint density at radius 2 is 1.74 bits per heavy atom. The summed E-state index contributed by atoms with van der Waals surface area (Å²) < 4.78 is 67.4. The zero-order chi connectivity index (χ0) is 23.1. The fraction of sp³-hybridized carbons (Fsp3) is 0.444. The van der Waals surface area contributed by atoms with Crippen molar-refractivity contribution in [3.05, 3.63) is 45.2 Å².